The van der Waals surface area contributed by atoms with Crippen molar-refractivity contribution in [1.29, 1.82) is 0 Å². The molecule has 0 aliphatic heterocycles. The van der Waals surface area contributed by atoms with Crippen LogP contribution in [-0.4, -0.2) is 46.6 Å². The molecule has 1 aromatic carbocycles. The Kier molecular flexibility index (Phi) is 6.80. The van der Waals surface area contributed by atoms with Crippen molar-refractivity contribution in [2.45, 2.75) is 31.3 Å². The summed E-state index contributed by atoms with van der Waals surface area (Å²) in [5.74, 6) is 0. The summed E-state index contributed by atoms with van der Waals surface area (Å²) in [5.41, 5.74) is 1.63. The summed E-state index contributed by atoms with van der Waals surface area (Å²) in [6.45, 7) is 4.59. The number of hydrogen-bond donors (Lipinski definition) is 1. The fourth-order valence-corrected chi connectivity index (χ4v) is 4.30. The van der Waals surface area contributed by atoms with Gasteiger partial charge in [-0.1, -0.05) is 15.9 Å². The molecule has 1 unspecified atom stereocenters. The number of likely N-dealkylation sites (N-methyl/N-ethyl adjacent to an activating group) is 1. The Bertz CT molecular complexity index is 590. The van der Waals surface area contributed by atoms with Gasteiger partial charge in [0, 0.05) is 31.2 Å². The number of ether oxygens (including phenoxy) is 1. The van der Waals surface area contributed by atoms with E-state index in [0.29, 0.717) is 23.6 Å². The summed E-state index contributed by atoms with van der Waals surface area (Å²) in [7, 11) is 1.41. The number of methoxy groups -OCH3 is 1. The van der Waals surface area contributed by atoms with Crippen molar-refractivity contribution < 1.29 is 13.2 Å². The number of halogens is 1. The molecule has 0 aliphatic rings. The van der Waals surface area contributed by atoms with Crippen LogP contribution in [0.5, 0.6) is 0 Å². The van der Waals surface area contributed by atoms with E-state index in [1.165, 1.54) is 4.31 Å². The van der Waals surface area contributed by atoms with Gasteiger partial charge >= 0.3 is 0 Å². The van der Waals surface area contributed by atoms with Gasteiger partial charge in [-0.15, -0.1) is 0 Å². The molecule has 7 heteroatoms. The molecule has 1 atom stereocenters. The lowest BCUT2D eigenvalue weighted by Crippen LogP contribution is -2.38. The van der Waals surface area contributed by atoms with Gasteiger partial charge in [-0.25, -0.2) is 8.42 Å². The van der Waals surface area contributed by atoms with E-state index in [-0.39, 0.29) is 6.04 Å². The van der Waals surface area contributed by atoms with E-state index in [2.05, 4.69) is 21.2 Å². The Morgan fingerprint density at radius 3 is 2.57 bits per heavy atom. The van der Waals surface area contributed by atoms with Crippen LogP contribution in [0, 0.1) is 6.92 Å². The molecular weight excluding hydrogens is 356 g/mol. The minimum absolute atomic E-state index is 0.230. The predicted octanol–water partition coefficient (Wildman–Crippen LogP) is 2.13. The Balaban J connectivity index is 3.30. The first-order valence-electron chi connectivity index (χ1n) is 6.66. The van der Waals surface area contributed by atoms with Crippen molar-refractivity contribution in [3.05, 3.63) is 27.7 Å². The molecule has 1 rings (SSSR count). The van der Waals surface area contributed by atoms with Crippen LogP contribution < -0.4 is 5.32 Å². The normalized spacial score (nSPS) is 13.7. The molecule has 0 saturated carbocycles. The van der Waals surface area contributed by atoms with E-state index in [1.54, 1.807) is 27.1 Å². The molecule has 21 heavy (non-hydrogen) atoms. The summed E-state index contributed by atoms with van der Waals surface area (Å²) in [5, 5.41) is 3.03. The molecule has 0 radical (unpaired) electrons. The zero-order valence-electron chi connectivity index (χ0n) is 13.1. The van der Waals surface area contributed by atoms with Gasteiger partial charge < -0.3 is 10.1 Å². The van der Waals surface area contributed by atoms with Gasteiger partial charge in [0.2, 0.25) is 10.0 Å². The number of nitrogens with zero attached hydrogens (tertiary/aromatic N) is 1. The second-order valence-corrected chi connectivity index (χ2v) is 7.88. The van der Waals surface area contributed by atoms with Gasteiger partial charge in [-0.2, -0.15) is 4.31 Å². The van der Waals surface area contributed by atoms with Crippen LogP contribution in [0.2, 0.25) is 0 Å². The average molecular weight is 379 g/mol. The Morgan fingerprint density at radius 2 is 2.05 bits per heavy atom. The SMILES string of the molecule is CNCc1cc(Br)c(C)c(S(=O)(=O)N(C)C(C)COC)c1. The molecule has 0 bridgehead atoms. The highest BCUT2D eigenvalue weighted by Gasteiger charge is 2.27. The second kappa shape index (κ2) is 7.69. The Morgan fingerprint density at radius 1 is 1.43 bits per heavy atom. The summed E-state index contributed by atoms with van der Waals surface area (Å²) < 4.78 is 32.8. The fraction of sp³-hybridized carbons (Fsp3) is 0.571. The summed E-state index contributed by atoms with van der Waals surface area (Å²) in [4.78, 5) is 0.326. The van der Waals surface area contributed by atoms with Crippen LogP contribution in [0.25, 0.3) is 0 Å². The van der Waals surface area contributed by atoms with E-state index in [0.717, 1.165) is 10.0 Å². The van der Waals surface area contributed by atoms with Gasteiger partial charge in [0.05, 0.1) is 11.5 Å². The van der Waals surface area contributed by atoms with Crippen molar-refractivity contribution in [2.75, 3.05) is 27.8 Å². The van der Waals surface area contributed by atoms with Crippen molar-refractivity contribution in [3.8, 4) is 0 Å². The highest BCUT2D eigenvalue weighted by Crippen LogP contribution is 2.28. The summed E-state index contributed by atoms with van der Waals surface area (Å²) in [6, 6.07) is 3.43. The number of hydrogen-bond acceptors (Lipinski definition) is 4. The number of nitrogens with one attached hydrogen (secondary N) is 1. The molecular formula is C14H23BrN2O3S. The first-order valence-corrected chi connectivity index (χ1v) is 8.89. The van der Waals surface area contributed by atoms with E-state index in [9.17, 15) is 8.42 Å². The van der Waals surface area contributed by atoms with E-state index < -0.39 is 10.0 Å². The predicted molar refractivity (Wildman–Crippen MR) is 87.9 cm³/mol. The van der Waals surface area contributed by atoms with Crippen molar-refractivity contribution in [1.82, 2.24) is 9.62 Å². The molecule has 0 saturated heterocycles. The quantitative estimate of drug-likeness (QED) is 0.789. The molecule has 120 valence electrons. The van der Waals surface area contributed by atoms with Gasteiger partial charge in [-0.3, -0.25) is 0 Å². The fourth-order valence-electron chi connectivity index (χ4n) is 2.02. The topological polar surface area (TPSA) is 58.6 Å². The standard InChI is InChI=1S/C14H23BrN2O3S/c1-10(9-20-5)17(4)21(18,19)14-7-12(8-16-3)6-13(15)11(14)2/h6-7,10,16H,8-9H2,1-5H3. The van der Waals surface area contributed by atoms with Crippen LogP contribution in [0.15, 0.2) is 21.5 Å². The maximum atomic E-state index is 12.8. The number of rotatable bonds is 7. The molecule has 0 spiro atoms. The third-order valence-corrected chi connectivity index (χ3v) is 6.34. The van der Waals surface area contributed by atoms with E-state index >= 15 is 0 Å². The average Bonchev–Trinajstić information content (AvgIpc) is 2.42. The van der Waals surface area contributed by atoms with Gasteiger partial charge in [0.1, 0.15) is 0 Å². The van der Waals surface area contributed by atoms with Crippen molar-refractivity contribution in [3.63, 3.8) is 0 Å². The van der Waals surface area contributed by atoms with E-state index in [4.69, 9.17) is 4.74 Å². The molecule has 0 fully saturated rings. The Labute approximate surface area is 135 Å². The van der Waals surface area contributed by atoms with Crippen molar-refractivity contribution in [2.24, 2.45) is 0 Å². The van der Waals surface area contributed by atoms with Gasteiger partial charge in [0.25, 0.3) is 0 Å². The third-order valence-electron chi connectivity index (χ3n) is 3.42. The van der Waals surface area contributed by atoms with E-state index in [1.807, 2.05) is 20.0 Å². The molecule has 1 N–H and O–H groups in total. The molecule has 0 aromatic heterocycles. The van der Waals surface area contributed by atoms with Crippen LogP contribution in [0.3, 0.4) is 0 Å². The van der Waals surface area contributed by atoms with Gasteiger partial charge in [0.15, 0.2) is 0 Å². The largest absolute Gasteiger partial charge is 0.383 e. The van der Waals surface area contributed by atoms with Crippen LogP contribution >= 0.6 is 15.9 Å². The lowest BCUT2D eigenvalue weighted by Gasteiger charge is -2.25. The zero-order chi connectivity index (χ0) is 16.2. The highest BCUT2D eigenvalue weighted by atomic mass is 79.9. The zero-order valence-corrected chi connectivity index (χ0v) is 15.5. The molecule has 1 aromatic rings. The lowest BCUT2D eigenvalue weighted by molar-refractivity contribution is 0.149. The summed E-state index contributed by atoms with van der Waals surface area (Å²) >= 11 is 3.44. The maximum Gasteiger partial charge on any atom is 0.243 e. The van der Waals surface area contributed by atoms with Crippen LogP contribution in [0.1, 0.15) is 18.1 Å². The maximum absolute atomic E-state index is 12.8. The first-order chi connectivity index (χ1) is 9.75. The second-order valence-electron chi connectivity index (χ2n) is 5.06. The first kappa shape index (κ1) is 18.6. The van der Waals surface area contributed by atoms with Crippen LogP contribution in [-0.2, 0) is 21.3 Å². The minimum Gasteiger partial charge on any atom is -0.383 e. The summed E-state index contributed by atoms with van der Waals surface area (Å²) in [6.07, 6.45) is 0. The Hall–Kier alpha value is -0.470. The number of benzene rings is 1. The monoisotopic (exact) mass is 378 g/mol. The number of sulfonamides is 1. The minimum atomic E-state index is -3.56. The molecule has 0 heterocycles. The smallest absolute Gasteiger partial charge is 0.243 e. The molecule has 0 aliphatic carbocycles. The van der Waals surface area contributed by atoms with Crippen molar-refractivity contribution >= 4 is 26.0 Å². The molecule has 0 amide bonds. The van der Waals surface area contributed by atoms with Gasteiger partial charge in [-0.05, 0) is 44.2 Å². The third kappa shape index (κ3) is 4.26. The lowest BCUT2D eigenvalue weighted by atomic mass is 10.1. The van der Waals surface area contributed by atoms with Crippen LogP contribution in [0.4, 0.5) is 0 Å². The highest BCUT2D eigenvalue weighted by molar-refractivity contribution is 9.10. The molecule has 5 nitrogen and oxygen atoms in total.